The van der Waals surface area contributed by atoms with Gasteiger partial charge in [-0.05, 0) is 31.4 Å². The molecule has 2 unspecified atom stereocenters. The van der Waals surface area contributed by atoms with E-state index in [0.29, 0.717) is 40.7 Å². The van der Waals surface area contributed by atoms with E-state index in [0.717, 1.165) is 17.8 Å². The number of rotatable bonds is 4. The molecular formula is C17H16N4O3S. The van der Waals surface area contributed by atoms with E-state index in [4.69, 9.17) is 5.11 Å². The number of aromatic nitrogens is 2. The van der Waals surface area contributed by atoms with E-state index in [9.17, 15) is 14.9 Å². The van der Waals surface area contributed by atoms with Gasteiger partial charge in [-0.3, -0.25) is 14.6 Å². The van der Waals surface area contributed by atoms with E-state index in [-0.39, 0.29) is 11.8 Å². The fourth-order valence-electron chi connectivity index (χ4n) is 2.99. The molecule has 128 valence electrons. The molecule has 0 bridgehead atoms. The van der Waals surface area contributed by atoms with Crippen molar-refractivity contribution in [1.29, 1.82) is 5.26 Å². The van der Waals surface area contributed by atoms with Gasteiger partial charge in [0.15, 0.2) is 5.13 Å². The molecule has 1 fully saturated rings. The Morgan fingerprint density at radius 1 is 1.32 bits per heavy atom. The molecule has 3 rings (SSSR count). The summed E-state index contributed by atoms with van der Waals surface area (Å²) in [6.45, 7) is 0. The summed E-state index contributed by atoms with van der Waals surface area (Å²) in [5.41, 5.74) is 1.01. The van der Waals surface area contributed by atoms with Crippen LogP contribution in [-0.2, 0) is 9.59 Å². The van der Waals surface area contributed by atoms with Gasteiger partial charge in [-0.15, -0.1) is 0 Å². The fraction of sp³-hybridized carbons (Fsp3) is 0.353. The highest BCUT2D eigenvalue weighted by molar-refractivity contribution is 7.16. The molecule has 2 N–H and O–H groups in total. The van der Waals surface area contributed by atoms with Gasteiger partial charge >= 0.3 is 5.97 Å². The monoisotopic (exact) mass is 356 g/mol. The maximum absolute atomic E-state index is 12.4. The minimum absolute atomic E-state index is 0.239. The van der Waals surface area contributed by atoms with Crippen LogP contribution in [0.25, 0.3) is 11.4 Å². The van der Waals surface area contributed by atoms with Crippen molar-refractivity contribution < 1.29 is 14.7 Å². The average molecular weight is 356 g/mol. The molecule has 7 nitrogen and oxygen atoms in total. The van der Waals surface area contributed by atoms with E-state index in [1.165, 1.54) is 0 Å². The first-order valence-electron chi connectivity index (χ1n) is 7.94. The Labute approximate surface area is 148 Å². The third kappa shape index (κ3) is 3.83. The summed E-state index contributed by atoms with van der Waals surface area (Å²) >= 11 is 1.09. The molecule has 0 aliphatic heterocycles. The van der Waals surface area contributed by atoms with Crippen molar-refractivity contribution in [2.24, 2.45) is 11.8 Å². The van der Waals surface area contributed by atoms with Gasteiger partial charge in [0.1, 0.15) is 16.6 Å². The molecular weight excluding hydrogens is 340 g/mol. The van der Waals surface area contributed by atoms with Crippen LogP contribution < -0.4 is 5.32 Å². The maximum Gasteiger partial charge on any atom is 0.306 e. The average Bonchev–Trinajstić information content (AvgIpc) is 3.05. The fourth-order valence-corrected chi connectivity index (χ4v) is 3.76. The molecule has 2 aromatic rings. The van der Waals surface area contributed by atoms with Gasteiger partial charge in [-0.2, -0.15) is 5.26 Å². The van der Waals surface area contributed by atoms with Crippen LogP contribution in [0.3, 0.4) is 0 Å². The predicted octanol–water partition coefficient (Wildman–Crippen LogP) is 2.91. The van der Waals surface area contributed by atoms with Crippen LogP contribution in [0, 0.1) is 23.2 Å². The number of carboxylic acids is 1. The standard InChI is InChI=1S/C17H16N4O3S/c18-9-13-14(12-6-1-2-7-19-12)20-17(25-13)21-15(22)10-4-3-5-11(8-10)16(23)24/h1-2,6-7,10-11H,3-5,8H2,(H,23,24)(H,20,21,22). The quantitative estimate of drug-likeness (QED) is 0.870. The van der Waals surface area contributed by atoms with E-state index >= 15 is 0 Å². The zero-order chi connectivity index (χ0) is 17.8. The van der Waals surface area contributed by atoms with Crippen LogP contribution in [-0.4, -0.2) is 27.0 Å². The molecule has 2 atom stereocenters. The lowest BCUT2D eigenvalue weighted by Crippen LogP contribution is -2.30. The lowest BCUT2D eigenvalue weighted by atomic mass is 9.81. The third-order valence-electron chi connectivity index (χ3n) is 4.26. The van der Waals surface area contributed by atoms with Crippen molar-refractivity contribution >= 4 is 28.3 Å². The normalized spacial score (nSPS) is 19.8. The zero-order valence-corrected chi connectivity index (χ0v) is 14.1. The first-order chi connectivity index (χ1) is 12.1. The summed E-state index contributed by atoms with van der Waals surface area (Å²) in [6.07, 6.45) is 3.94. The Morgan fingerprint density at radius 2 is 2.12 bits per heavy atom. The van der Waals surface area contributed by atoms with Crippen molar-refractivity contribution in [3.8, 4) is 17.5 Å². The second-order valence-corrected chi connectivity index (χ2v) is 6.91. The highest BCUT2D eigenvalue weighted by Crippen LogP contribution is 2.32. The van der Waals surface area contributed by atoms with Crippen molar-refractivity contribution in [3.05, 3.63) is 29.3 Å². The molecule has 1 saturated carbocycles. The number of carbonyl (C=O) groups is 2. The Bertz CT molecular complexity index is 828. The van der Waals surface area contributed by atoms with E-state index in [1.807, 2.05) is 0 Å². The van der Waals surface area contributed by atoms with Gasteiger partial charge in [0.05, 0.1) is 11.6 Å². The summed E-state index contributed by atoms with van der Waals surface area (Å²) in [5, 5.41) is 21.5. The molecule has 2 heterocycles. The van der Waals surface area contributed by atoms with Crippen molar-refractivity contribution in [3.63, 3.8) is 0 Å². The highest BCUT2D eigenvalue weighted by atomic mass is 32.1. The number of aliphatic carboxylic acids is 1. The molecule has 0 radical (unpaired) electrons. The number of thiazole rings is 1. The van der Waals surface area contributed by atoms with Gasteiger partial charge in [0.2, 0.25) is 5.91 Å². The largest absolute Gasteiger partial charge is 0.481 e. The molecule has 0 aromatic carbocycles. The van der Waals surface area contributed by atoms with Crippen LogP contribution in [0.5, 0.6) is 0 Å². The number of nitrogens with zero attached hydrogens (tertiary/aromatic N) is 3. The Hall–Kier alpha value is -2.79. The van der Waals surface area contributed by atoms with Crippen LogP contribution >= 0.6 is 11.3 Å². The smallest absolute Gasteiger partial charge is 0.306 e. The van der Waals surface area contributed by atoms with Gasteiger partial charge in [0, 0.05) is 12.1 Å². The highest BCUT2D eigenvalue weighted by Gasteiger charge is 2.31. The van der Waals surface area contributed by atoms with Gasteiger partial charge in [-0.1, -0.05) is 23.8 Å². The van der Waals surface area contributed by atoms with Crippen molar-refractivity contribution in [2.75, 3.05) is 5.32 Å². The summed E-state index contributed by atoms with van der Waals surface area (Å²) in [5.74, 6) is -1.91. The topological polar surface area (TPSA) is 116 Å². The Morgan fingerprint density at radius 3 is 2.80 bits per heavy atom. The molecule has 8 heteroatoms. The Balaban J connectivity index is 1.75. The molecule has 0 saturated heterocycles. The molecule has 0 spiro atoms. The molecule has 1 aliphatic rings. The molecule has 2 aromatic heterocycles. The Kier molecular flexibility index (Phi) is 5.05. The predicted molar refractivity (Wildman–Crippen MR) is 91.8 cm³/mol. The number of pyridine rings is 1. The van der Waals surface area contributed by atoms with E-state index in [2.05, 4.69) is 21.4 Å². The third-order valence-corrected chi connectivity index (χ3v) is 5.14. The van der Waals surface area contributed by atoms with Gasteiger partial charge in [0.25, 0.3) is 0 Å². The number of hydrogen-bond acceptors (Lipinski definition) is 6. The number of nitrogens with one attached hydrogen (secondary N) is 1. The minimum atomic E-state index is -0.851. The first-order valence-corrected chi connectivity index (χ1v) is 8.76. The number of carbonyl (C=O) groups excluding carboxylic acids is 1. The second-order valence-electron chi connectivity index (χ2n) is 5.91. The number of anilines is 1. The number of carboxylic acid groups (broad SMARTS) is 1. The van der Waals surface area contributed by atoms with Gasteiger partial charge in [-0.25, -0.2) is 4.98 Å². The number of nitriles is 1. The summed E-state index contributed by atoms with van der Waals surface area (Å²) in [6, 6.07) is 7.40. The van der Waals surface area contributed by atoms with Crippen LogP contribution in [0.15, 0.2) is 24.4 Å². The maximum atomic E-state index is 12.4. The van der Waals surface area contributed by atoms with Crippen molar-refractivity contribution in [2.45, 2.75) is 25.7 Å². The molecule has 1 aliphatic carbocycles. The van der Waals surface area contributed by atoms with Crippen LogP contribution in [0.1, 0.15) is 30.6 Å². The first kappa shape index (κ1) is 17.0. The summed E-state index contributed by atoms with van der Waals surface area (Å²) < 4.78 is 0. The van der Waals surface area contributed by atoms with Crippen molar-refractivity contribution in [1.82, 2.24) is 9.97 Å². The SMILES string of the molecule is N#Cc1sc(NC(=O)C2CCCC(C(=O)O)C2)nc1-c1ccccn1. The number of amides is 1. The van der Waals surface area contributed by atoms with E-state index in [1.54, 1.807) is 24.4 Å². The number of hydrogen-bond donors (Lipinski definition) is 2. The van der Waals surface area contributed by atoms with Crippen LogP contribution in [0.2, 0.25) is 0 Å². The molecule has 1 amide bonds. The van der Waals surface area contributed by atoms with Crippen LogP contribution in [0.4, 0.5) is 5.13 Å². The van der Waals surface area contributed by atoms with E-state index < -0.39 is 11.9 Å². The summed E-state index contributed by atoms with van der Waals surface area (Å²) in [7, 11) is 0. The lowest BCUT2D eigenvalue weighted by molar-refractivity contribution is -0.143. The lowest BCUT2D eigenvalue weighted by Gasteiger charge is -2.25. The second kappa shape index (κ2) is 7.40. The molecule has 25 heavy (non-hydrogen) atoms. The zero-order valence-electron chi connectivity index (χ0n) is 13.3. The minimum Gasteiger partial charge on any atom is -0.481 e. The summed E-state index contributed by atoms with van der Waals surface area (Å²) in [4.78, 5) is 32.5. The van der Waals surface area contributed by atoms with Gasteiger partial charge < -0.3 is 10.4 Å².